The van der Waals surface area contributed by atoms with E-state index in [0.29, 0.717) is 12.5 Å². The molecule has 0 aliphatic heterocycles. The number of unbranched alkanes of at least 4 members (excludes halogenated alkanes) is 1. The Kier molecular flexibility index (Phi) is 8.80. The first-order valence-electron chi connectivity index (χ1n) is 8.75. The Morgan fingerprint density at radius 3 is 2.60 bits per heavy atom. The van der Waals surface area contributed by atoms with Gasteiger partial charge in [-0.25, -0.2) is 9.67 Å². The number of methoxy groups -OCH3 is 1. The number of hydrogen-bond donors (Lipinski definition) is 2. The first-order chi connectivity index (χ1) is 11.9. The molecule has 0 spiro atoms. The Labute approximate surface area is 150 Å². The molecule has 0 unspecified atom stereocenters. The summed E-state index contributed by atoms with van der Waals surface area (Å²) in [6.45, 7) is 5.65. The maximum atomic E-state index is 11.8. The molecule has 0 bridgehead atoms. The number of carbonyl (C=O) groups is 1. The maximum Gasteiger partial charge on any atom is 0.241 e. The van der Waals surface area contributed by atoms with Crippen LogP contribution in [0.3, 0.4) is 0 Å². The quantitative estimate of drug-likeness (QED) is 0.392. The molecule has 0 atom stereocenters. The predicted molar refractivity (Wildman–Crippen MR) is 99.9 cm³/mol. The van der Waals surface area contributed by atoms with Crippen LogP contribution in [0.4, 0.5) is 0 Å². The van der Waals surface area contributed by atoms with Gasteiger partial charge in [0.15, 0.2) is 5.96 Å². The van der Waals surface area contributed by atoms with Gasteiger partial charge in [-0.3, -0.25) is 4.79 Å². The third-order valence-corrected chi connectivity index (χ3v) is 3.82. The molecule has 1 heterocycles. The van der Waals surface area contributed by atoms with Crippen molar-refractivity contribution in [3.63, 3.8) is 0 Å². The van der Waals surface area contributed by atoms with Gasteiger partial charge < -0.3 is 20.3 Å². The number of hydrogen-bond acceptors (Lipinski definition) is 4. The van der Waals surface area contributed by atoms with Crippen LogP contribution in [0, 0.1) is 0 Å². The lowest BCUT2D eigenvalue weighted by molar-refractivity contribution is -0.127. The highest BCUT2D eigenvalue weighted by Crippen LogP contribution is 2.22. The van der Waals surface area contributed by atoms with Crippen molar-refractivity contribution < 1.29 is 9.53 Å². The summed E-state index contributed by atoms with van der Waals surface area (Å²) in [7, 11) is 6.97. The molecular formula is C17H32N6O2. The molecule has 0 saturated carbocycles. The summed E-state index contributed by atoms with van der Waals surface area (Å²) in [6, 6.07) is 0. The first-order valence-corrected chi connectivity index (χ1v) is 8.75. The van der Waals surface area contributed by atoms with Crippen LogP contribution in [0.2, 0.25) is 0 Å². The maximum absolute atomic E-state index is 11.8. The molecule has 0 aliphatic carbocycles. The van der Waals surface area contributed by atoms with Gasteiger partial charge in [-0.2, -0.15) is 5.10 Å². The zero-order valence-electron chi connectivity index (χ0n) is 16.3. The Bertz CT molecular complexity index is 580. The molecule has 8 heteroatoms. The Balaban J connectivity index is 2.88. The van der Waals surface area contributed by atoms with Crippen molar-refractivity contribution in [1.82, 2.24) is 25.3 Å². The number of carbonyl (C=O) groups excluding carboxylic acids is 1. The average molecular weight is 352 g/mol. The zero-order chi connectivity index (χ0) is 18.8. The van der Waals surface area contributed by atoms with Crippen molar-refractivity contribution in [3.8, 4) is 5.88 Å². The van der Waals surface area contributed by atoms with Crippen LogP contribution >= 0.6 is 0 Å². The highest BCUT2D eigenvalue weighted by molar-refractivity contribution is 5.86. The number of aliphatic imine (C=N–C) groups is 1. The monoisotopic (exact) mass is 352 g/mol. The molecule has 0 fully saturated rings. The van der Waals surface area contributed by atoms with Gasteiger partial charge in [-0.1, -0.05) is 20.3 Å². The summed E-state index contributed by atoms with van der Waals surface area (Å²) >= 11 is 0. The minimum absolute atomic E-state index is 0.00167. The van der Waals surface area contributed by atoms with Crippen LogP contribution in [-0.2, 0) is 24.8 Å². The smallest absolute Gasteiger partial charge is 0.241 e. The lowest BCUT2D eigenvalue weighted by atomic mass is 10.2. The second-order valence-corrected chi connectivity index (χ2v) is 6.00. The first kappa shape index (κ1) is 20.8. The summed E-state index contributed by atoms with van der Waals surface area (Å²) in [5.41, 5.74) is 1.95. The van der Waals surface area contributed by atoms with E-state index in [1.54, 1.807) is 30.8 Å². The Morgan fingerprint density at radius 1 is 1.32 bits per heavy atom. The molecule has 2 N–H and O–H groups in total. The Morgan fingerprint density at radius 2 is 2.04 bits per heavy atom. The highest BCUT2D eigenvalue weighted by Gasteiger charge is 2.15. The van der Waals surface area contributed by atoms with Crippen molar-refractivity contribution in [1.29, 1.82) is 0 Å². The fourth-order valence-corrected chi connectivity index (χ4v) is 2.34. The number of rotatable bonds is 9. The van der Waals surface area contributed by atoms with E-state index in [1.165, 1.54) is 0 Å². The molecule has 1 aromatic rings. The summed E-state index contributed by atoms with van der Waals surface area (Å²) in [5, 5.41) is 10.8. The number of likely N-dealkylation sites (N-methyl/N-ethyl adjacent to an activating group) is 1. The molecule has 25 heavy (non-hydrogen) atoms. The van der Waals surface area contributed by atoms with Crippen LogP contribution in [0.5, 0.6) is 5.88 Å². The number of aromatic nitrogens is 2. The van der Waals surface area contributed by atoms with Crippen molar-refractivity contribution in [2.24, 2.45) is 12.0 Å². The third kappa shape index (κ3) is 6.28. The van der Waals surface area contributed by atoms with Crippen molar-refractivity contribution in [2.45, 2.75) is 39.7 Å². The van der Waals surface area contributed by atoms with Gasteiger partial charge in [-0.05, 0) is 12.8 Å². The van der Waals surface area contributed by atoms with E-state index in [2.05, 4.69) is 34.6 Å². The molecule has 1 amide bonds. The molecule has 1 aromatic heterocycles. The standard InChI is InChI=1S/C17H32N6O2/c1-7-9-10-18-17(20-12-15(24)22(3)4)19-11-13-14(8-2)21-23(5)16(13)25-6/h7-12H2,1-6H3,(H2,18,19,20). The minimum Gasteiger partial charge on any atom is -0.481 e. The van der Waals surface area contributed by atoms with Crippen LogP contribution < -0.4 is 15.4 Å². The van der Waals surface area contributed by atoms with Gasteiger partial charge in [0.1, 0.15) is 0 Å². The summed E-state index contributed by atoms with van der Waals surface area (Å²) < 4.78 is 7.18. The van der Waals surface area contributed by atoms with E-state index in [9.17, 15) is 4.79 Å². The third-order valence-electron chi connectivity index (χ3n) is 3.82. The van der Waals surface area contributed by atoms with Gasteiger partial charge in [0, 0.05) is 27.7 Å². The fraction of sp³-hybridized carbons (Fsp3) is 0.706. The summed E-state index contributed by atoms with van der Waals surface area (Å²) in [4.78, 5) is 18.0. The van der Waals surface area contributed by atoms with Crippen LogP contribution in [0.15, 0.2) is 4.99 Å². The van der Waals surface area contributed by atoms with E-state index in [4.69, 9.17) is 4.74 Å². The van der Waals surface area contributed by atoms with Gasteiger partial charge >= 0.3 is 0 Å². The number of nitrogens with zero attached hydrogens (tertiary/aromatic N) is 4. The number of ether oxygens (including phenoxy) is 1. The summed E-state index contributed by atoms with van der Waals surface area (Å²) in [6.07, 6.45) is 2.94. The Hall–Kier alpha value is -2.25. The summed E-state index contributed by atoms with van der Waals surface area (Å²) in [5.74, 6) is 1.34. The van der Waals surface area contributed by atoms with E-state index in [0.717, 1.165) is 42.9 Å². The normalized spacial score (nSPS) is 11.4. The largest absolute Gasteiger partial charge is 0.481 e. The molecule has 1 rings (SSSR count). The highest BCUT2D eigenvalue weighted by atomic mass is 16.5. The van der Waals surface area contributed by atoms with Gasteiger partial charge in [0.25, 0.3) is 0 Å². The molecular weight excluding hydrogens is 320 g/mol. The topological polar surface area (TPSA) is 83.8 Å². The van der Waals surface area contributed by atoms with Crippen LogP contribution in [0.1, 0.15) is 37.9 Å². The molecule has 0 aromatic carbocycles. The molecule has 0 saturated heterocycles. The minimum atomic E-state index is -0.00167. The van der Waals surface area contributed by atoms with E-state index < -0.39 is 0 Å². The predicted octanol–water partition coefficient (Wildman–Crippen LogP) is 0.915. The number of guanidine groups is 1. The van der Waals surface area contributed by atoms with Gasteiger partial charge in [-0.15, -0.1) is 0 Å². The number of aryl methyl sites for hydroxylation is 2. The lowest BCUT2D eigenvalue weighted by Crippen LogP contribution is -2.43. The number of amides is 1. The molecule has 142 valence electrons. The second kappa shape index (κ2) is 10.6. The van der Waals surface area contributed by atoms with Gasteiger partial charge in [0.2, 0.25) is 11.8 Å². The fourth-order valence-electron chi connectivity index (χ4n) is 2.34. The van der Waals surface area contributed by atoms with Crippen molar-refractivity contribution >= 4 is 11.9 Å². The number of nitrogens with one attached hydrogen (secondary N) is 2. The van der Waals surface area contributed by atoms with E-state index in [-0.39, 0.29) is 12.5 Å². The van der Waals surface area contributed by atoms with Crippen molar-refractivity contribution in [2.75, 3.05) is 34.3 Å². The van der Waals surface area contributed by atoms with E-state index in [1.807, 2.05) is 7.05 Å². The zero-order valence-corrected chi connectivity index (χ0v) is 16.3. The molecule has 0 radical (unpaired) electrons. The van der Waals surface area contributed by atoms with Crippen LogP contribution in [0.25, 0.3) is 0 Å². The average Bonchev–Trinajstić information content (AvgIpc) is 2.91. The molecule has 8 nitrogen and oxygen atoms in total. The van der Waals surface area contributed by atoms with Crippen molar-refractivity contribution in [3.05, 3.63) is 11.3 Å². The second-order valence-electron chi connectivity index (χ2n) is 6.00. The SMILES string of the molecule is CCCCNC(=NCc1c(CC)nn(C)c1OC)NCC(=O)N(C)C. The van der Waals surface area contributed by atoms with E-state index >= 15 is 0 Å². The lowest BCUT2D eigenvalue weighted by Gasteiger charge is -2.15. The van der Waals surface area contributed by atoms with Crippen LogP contribution in [-0.4, -0.2) is 60.8 Å². The van der Waals surface area contributed by atoms with Gasteiger partial charge in [0.05, 0.1) is 31.5 Å². The molecule has 0 aliphatic rings.